The van der Waals surface area contributed by atoms with Crippen LogP contribution in [0.15, 0.2) is 30.7 Å². The Morgan fingerprint density at radius 2 is 1.79 bits per heavy atom. The molecule has 0 amide bonds. The quantitative estimate of drug-likeness (QED) is 0.917. The van der Waals surface area contributed by atoms with Crippen molar-refractivity contribution in [3.05, 3.63) is 41.9 Å². The summed E-state index contributed by atoms with van der Waals surface area (Å²) >= 11 is 0. The lowest BCUT2D eigenvalue weighted by molar-refractivity contribution is 0.423. The number of hydrogen-bond acceptors (Lipinski definition) is 4. The van der Waals surface area contributed by atoms with E-state index >= 15 is 0 Å². The lowest BCUT2D eigenvalue weighted by Gasteiger charge is -2.20. The second-order valence-electron chi connectivity index (χ2n) is 5.69. The highest BCUT2D eigenvalue weighted by atomic mass is 15.0. The van der Waals surface area contributed by atoms with Crippen LogP contribution in [0.5, 0.6) is 0 Å². The Balaban J connectivity index is 2.13. The number of pyridine rings is 1. The normalized spacial score (nSPS) is 11.6. The van der Waals surface area contributed by atoms with E-state index in [9.17, 15) is 0 Å². The maximum atomic E-state index is 4.40. The van der Waals surface area contributed by atoms with Crippen LogP contribution in [0.2, 0.25) is 0 Å². The van der Waals surface area contributed by atoms with Gasteiger partial charge < -0.3 is 5.32 Å². The van der Waals surface area contributed by atoms with Gasteiger partial charge >= 0.3 is 0 Å². The highest BCUT2D eigenvalue weighted by Crippen LogP contribution is 2.15. The molecule has 0 bridgehead atoms. The van der Waals surface area contributed by atoms with Crippen LogP contribution < -0.4 is 5.32 Å². The van der Waals surface area contributed by atoms with Crippen molar-refractivity contribution in [1.82, 2.24) is 20.3 Å². The van der Waals surface area contributed by atoms with Crippen LogP contribution in [0, 0.1) is 6.92 Å². The van der Waals surface area contributed by atoms with Gasteiger partial charge in [0.2, 0.25) is 0 Å². The second-order valence-corrected chi connectivity index (χ2v) is 5.69. The summed E-state index contributed by atoms with van der Waals surface area (Å²) in [4.78, 5) is 13.1. The van der Waals surface area contributed by atoms with Crippen LogP contribution >= 0.6 is 0 Å². The molecule has 0 saturated carbocycles. The molecule has 0 radical (unpaired) electrons. The molecule has 0 aliphatic carbocycles. The summed E-state index contributed by atoms with van der Waals surface area (Å²) in [6, 6.07) is 3.93. The fourth-order valence-electron chi connectivity index (χ4n) is 1.66. The van der Waals surface area contributed by atoms with Gasteiger partial charge in [-0.15, -0.1) is 0 Å². The Morgan fingerprint density at radius 3 is 2.37 bits per heavy atom. The average Bonchev–Trinajstić information content (AvgIpc) is 2.37. The van der Waals surface area contributed by atoms with Crippen LogP contribution in [0.3, 0.4) is 0 Å². The van der Waals surface area contributed by atoms with Crippen molar-refractivity contribution in [2.24, 2.45) is 0 Å². The summed E-state index contributed by atoms with van der Waals surface area (Å²) in [6.07, 6.45) is 5.48. The maximum Gasteiger partial charge on any atom is 0.178 e. The van der Waals surface area contributed by atoms with E-state index in [2.05, 4.69) is 41.0 Å². The first-order valence-corrected chi connectivity index (χ1v) is 6.44. The number of hydrogen-bond donors (Lipinski definition) is 1. The molecule has 2 heterocycles. The van der Waals surface area contributed by atoms with Gasteiger partial charge in [-0.25, -0.2) is 9.97 Å². The third-order valence-corrected chi connectivity index (χ3v) is 2.75. The Labute approximate surface area is 114 Å². The van der Waals surface area contributed by atoms with E-state index in [0.717, 1.165) is 23.4 Å². The predicted octanol–water partition coefficient (Wildman–Crippen LogP) is 2.74. The number of aromatic nitrogens is 3. The van der Waals surface area contributed by atoms with Crippen LogP contribution in [0.4, 0.5) is 0 Å². The standard InChI is InChI=1S/C15H20N4/c1-11-6-5-7-16-13(11)14-17-8-12(9-18-14)10-19-15(2,3)4/h5-9,19H,10H2,1-4H3. The molecule has 0 aromatic carbocycles. The van der Waals surface area contributed by atoms with Crippen molar-refractivity contribution in [1.29, 1.82) is 0 Å². The third kappa shape index (κ3) is 3.83. The van der Waals surface area contributed by atoms with Crippen molar-refractivity contribution in [2.75, 3.05) is 0 Å². The van der Waals surface area contributed by atoms with Gasteiger partial charge in [0, 0.05) is 36.2 Å². The molecule has 0 fully saturated rings. The predicted molar refractivity (Wildman–Crippen MR) is 76.6 cm³/mol. The zero-order valence-electron chi connectivity index (χ0n) is 11.9. The molecule has 2 rings (SSSR count). The van der Waals surface area contributed by atoms with Crippen molar-refractivity contribution >= 4 is 0 Å². The number of rotatable bonds is 3. The highest BCUT2D eigenvalue weighted by Gasteiger charge is 2.09. The Kier molecular flexibility index (Phi) is 3.90. The van der Waals surface area contributed by atoms with E-state index in [0.29, 0.717) is 5.82 Å². The topological polar surface area (TPSA) is 50.7 Å². The molecule has 4 nitrogen and oxygen atoms in total. The van der Waals surface area contributed by atoms with E-state index < -0.39 is 0 Å². The van der Waals surface area contributed by atoms with Crippen LogP contribution in [0.1, 0.15) is 31.9 Å². The lowest BCUT2D eigenvalue weighted by Crippen LogP contribution is -2.35. The minimum atomic E-state index is 0.0935. The first-order chi connectivity index (χ1) is 8.96. The van der Waals surface area contributed by atoms with Gasteiger partial charge in [-0.05, 0) is 39.3 Å². The first kappa shape index (κ1) is 13.6. The highest BCUT2D eigenvalue weighted by molar-refractivity contribution is 5.53. The smallest absolute Gasteiger partial charge is 0.178 e. The molecule has 0 atom stereocenters. The van der Waals surface area contributed by atoms with Gasteiger partial charge in [0.05, 0.1) is 0 Å². The van der Waals surface area contributed by atoms with Gasteiger partial charge in [0.1, 0.15) is 5.69 Å². The summed E-state index contributed by atoms with van der Waals surface area (Å²) in [5, 5.41) is 3.41. The van der Waals surface area contributed by atoms with Gasteiger partial charge in [-0.2, -0.15) is 0 Å². The Morgan fingerprint density at radius 1 is 1.11 bits per heavy atom. The average molecular weight is 256 g/mol. The molecule has 19 heavy (non-hydrogen) atoms. The fraction of sp³-hybridized carbons (Fsp3) is 0.400. The SMILES string of the molecule is Cc1cccnc1-c1ncc(CNC(C)(C)C)cn1. The molecule has 0 aliphatic rings. The minimum Gasteiger partial charge on any atom is -0.308 e. The number of nitrogens with one attached hydrogen (secondary N) is 1. The van der Waals surface area contributed by atoms with Crippen molar-refractivity contribution in [3.63, 3.8) is 0 Å². The molecular formula is C15H20N4. The molecule has 0 saturated heterocycles. The molecule has 0 unspecified atom stereocenters. The second kappa shape index (κ2) is 5.45. The molecule has 4 heteroatoms. The largest absolute Gasteiger partial charge is 0.308 e. The van der Waals surface area contributed by atoms with Crippen molar-refractivity contribution < 1.29 is 0 Å². The van der Waals surface area contributed by atoms with E-state index in [1.165, 1.54) is 0 Å². The van der Waals surface area contributed by atoms with Crippen LogP contribution in [-0.4, -0.2) is 20.5 Å². The zero-order chi connectivity index (χ0) is 13.9. The summed E-state index contributed by atoms with van der Waals surface area (Å²) in [5.74, 6) is 0.678. The van der Waals surface area contributed by atoms with Crippen molar-refractivity contribution in [3.8, 4) is 11.5 Å². The van der Waals surface area contributed by atoms with Crippen LogP contribution in [0.25, 0.3) is 11.5 Å². The molecular weight excluding hydrogens is 236 g/mol. The monoisotopic (exact) mass is 256 g/mol. The molecule has 0 aliphatic heterocycles. The molecule has 100 valence electrons. The van der Waals surface area contributed by atoms with E-state index in [-0.39, 0.29) is 5.54 Å². The van der Waals surface area contributed by atoms with E-state index in [1.54, 1.807) is 6.20 Å². The van der Waals surface area contributed by atoms with Gasteiger partial charge in [-0.3, -0.25) is 4.98 Å². The number of nitrogens with zero attached hydrogens (tertiary/aromatic N) is 3. The number of aryl methyl sites for hydroxylation is 1. The van der Waals surface area contributed by atoms with Crippen molar-refractivity contribution in [2.45, 2.75) is 39.8 Å². The zero-order valence-corrected chi connectivity index (χ0v) is 11.9. The summed E-state index contributed by atoms with van der Waals surface area (Å²) in [6.45, 7) is 9.20. The molecule has 2 aromatic heterocycles. The maximum absolute atomic E-state index is 4.40. The van der Waals surface area contributed by atoms with E-state index in [4.69, 9.17) is 0 Å². The fourth-order valence-corrected chi connectivity index (χ4v) is 1.66. The molecule has 0 spiro atoms. The summed E-state index contributed by atoms with van der Waals surface area (Å²) < 4.78 is 0. The summed E-state index contributed by atoms with van der Waals surface area (Å²) in [7, 11) is 0. The first-order valence-electron chi connectivity index (χ1n) is 6.44. The van der Waals surface area contributed by atoms with E-state index in [1.807, 2.05) is 31.5 Å². The third-order valence-electron chi connectivity index (χ3n) is 2.75. The Bertz CT molecular complexity index is 541. The molecule has 2 aromatic rings. The van der Waals surface area contributed by atoms with Gasteiger partial charge in [0.15, 0.2) is 5.82 Å². The van der Waals surface area contributed by atoms with Crippen LogP contribution in [-0.2, 0) is 6.54 Å². The Hall–Kier alpha value is -1.81. The summed E-state index contributed by atoms with van der Waals surface area (Å²) in [5.41, 5.74) is 3.10. The van der Waals surface area contributed by atoms with Gasteiger partial charge in [0.25, 0.3) is 0 Å². The van der Waals surface area contributed by atoms with Gasteiger partial charge in [-0.1, -0.05) is 6.07 Å². The lowest BCUT2D eigenvalue weighted by atomic mass is 10.1. The minimum absolute atomic E-state index is 0.0935. The molecule has 1 N–H and O–H groups in total.